The summed E-state index contributed by atoms with van der Waals surface area (Å²) in [4.78, 5) is 12.5. The minimum absolute atomic E-state index is 0.271. The van der Waals surface area contributed by atoms with Gasteiger partial charge < -0.3 is 4.74 Å². The maximum atomic E-state index is 13.9. The van der Waals surface area contributed by atoms with Crippen molar-refractivity contribution in [1.29, 1.82) is 0 Å². The number of rotatable bonds is 4. The second kappa shape index (κ2) is 6.27. The highest BCUT2D eigenvalue weighted by atomic mass is 19.1. The number of ether oxygens (including phenoxy) is 1. The van der Waals surface area contributed by atoms with Crippen LogP contribution in [0, 0.1) is 11.6 Å². The molecule has 0 saturated heterocycles. The number of nitrogens with zero attached hydrogens (tertiary/aromatic N) is 4. The molecule has 5 nitrogen and oxygen atoms in total. The molecule has 0 radical (unpaired) electrons. The average molecular weight is 338 g/mol. The van der Waals surface area contributed by atoms with Crippen molar-refractivity contribution < 1.29 is 13.5 Å². The molecule has 3 heterocycles. The van der Waals surface area contributed by atoms with Crippen molar-refractivity contribution in [2.45, 2.75) is 6.61 Å². The molecule has 4 rings (SSSR count). The standard InChI is InChI=1S/C18H12F2N4O/c19-13-1-2-16(17(20)7-13)12-8-22-18-23-14(10-24(18)9-12)11-25-15-3-5-21-6-4-15/h1-10H,11H2. The largest absolute Gasteiger partial charge is 0.487 e. The summed E-state index contributed by atoms with van der Waals surface area (Å²) in [5.41, 5.74) is 1.49. The van der Waals surface area contributed by atoms with E-state index >= 15 is 0 Å². The van der Waals surface area contributed by atoms with E-state index in [4.69, 9.17) is 4.74 Å². The summed E-state index contributed by atoms with van der Waals surface area (Å²) in [7, 11) is 0. The van der Waals surface area contributed by atoms with Crippen LogP contribution < -0.4 is 4.74 Å². The SMILES string of the molecule is Fc1ccc(-c2cnc3nc(COc4ccncc4)cn3c2)c(F)c1. The van der Waals surface area contributed by atoms with Crippen LogP contribution in [0.2, 0.25) is 0 Å². The molecule has 0 aliphatic rings. The third-order valence-corrected chi connectivity index (χ3v) is 3.64. The van der Waals surface area contributed by atoms with Crippen molar-refractivity contribution in [2.24, 2.45) is 0 Å². The van der Waals surface area contributed by atoms with E-state index in [0.29, 0.717) is 22.8 Å². The highest BCUT2D eigenvalue weighted by molar-refractivity contribution is 5.63. The van der Waals surface area contributed by atoms with Gasteiger partial charge in [0.2, 0.25) is 5.78 Å². The monoisotopic (exact) mass is 338 g/mol. The Balaban J connectivity index is 1.61. The third-order valence-electron chi connectivity index (χ3n) is 3.64. The Labute approximate surface area is 141 Å². The Kier molecular flexibility index (Phi) is 3.81. The van der Waals surface area contributed by atoms with E-state index in [1.54, 1.807) is 41.3 Å². The van der Waals surface area contributed by atoms with E-state index in [2.05, 4.69) is 15.0 Å². The maximum Gasteiger partial charge on any atom is 0.234 e. The van der Waals surface area contributed by atoms with Gasteiger partial charge in [0.05, 0.1) is 5.69 Å². The lowest BCUT2D eigenvalue weighted by molar-refractivity contribution is 0.301. The van der Waals surface area contributed by atoms with Crippen molar-refractivity contribution in [3.05, 3.63) is 78.6 Å². The molecule has 0 fully saturated rings. The number of pyridine rings is 1. The van der Waals surface area contributed by atoms with E-state index < -0.39 is 11.6 Å². The summed E-state index contributed by atoms with van der Waals surface area (Å²) >= 11 is 0. The van der Waals surface area contributed by atoms with E-state index in [1.165, 1.54) is 18.3 Å². The van der Waals surface area contributed by atoms with Gasteiger partial charge in [0, 0.05) is 48.2 Å². The molecular weight excluding hydrogens is 326 g/mol. The molecule has 7 heteroatoms. The molecule has 124 valence electrons. The van der Waals surface area contributed by atoms with Gasteiger partial charge in [0.1, 0.15) is 24.0 Å². The fraction of sp³-hybridized carbons (Fsp3) is 0.0556. The molecule has 0 spiro atoms. The van der Waals surface area contributed by atoms with Crippen LogP contribution in [0.5, 0.6) is 5.75 Å². The molecule has 4 aromatic rings. The van der Waals surface area contributed by atoms with Crippen LogP contribution in [-0.4, -0.2) is 19.4 Å². The summed E-state index contributed by atoms with van der Waals surface area (Å²) in [5.74, 6) is -0.0929. The number of imidazole rings is 1. The average Bonchev–Trinajstić information content (AvgIpc) is 3.03. The minimum Gasteiger partial charge on any atom is -0.487 e. The van der Waals surface area contributed by atoms with Gasteiger partial charge in [-0.2, -0.15) is 0 Å². The zero-order valence-corrected chi connectivity index (χ0v) is 12.9. The lowest BCUT2D eigenvalue weighted by Crippen LogP contribution is -1.95. The van der Waals surface area contributed by atoms with Gasteiger partial charge in [-0.1, -0.05) is 0 Å². The maximum absolute atomic E-state index is 13.9. The Morgan fingerprint density at radius 1 is 1.04 bits per heavy atom. The van der Waals surface area contributed by atoms with Gasteiger partial charge in [-0.3, -0.25) is 9.38 Å². The molecule has 0 saturated carbocycles. The first-order valence-corrected chi connectivity index (χ1v) is 7.51. The van der Waals surface area contributed by atoms with Crippen molar-refractivity contribution in [3.63, 3.8) is 0 Å². The minimum atomic E-state index is -0.637. The van der Waals surface area contributed by atoms with Crippen LogP contribution in [0.25, 0.3) is 16.9 Å². The zero-order valence-electron chi connectivity index (χ0n) is 12.9. The number of halogens is 2. The number of hydrogen-bond donors (Lipinski definition) is 0. The number of hydrogen-bond acceptors (Lipinski definition) is 4. The molecule has 25 heavy (non-hydrogen) atoms. The summed E-state index contributed by atoms with van der Waals surface area (Å²) in [5, 5.41) is 0. The second-order valence-corrected chi connectivity index (χ2v) is 5.38. The zero-order chi connectivity index (χ0) is 17.2. The van der Waals surface area contributed by atoms with Crippen LogP contribution in [0.15, 0.2) is 61.3 Å². The molecule has 0 N–H and O–H groups in total. The highest BCUT2D eigenvalue weighted by Crippen LogP contribution is 2.23. The van der Waals surface area contributed by atoms with Crippen molar-refractivity contribution in [1.82, 2.24) is 19.4 Å². The van der Waals surface area contributed by atoms with Crippen molar-refractivity contribution >= 4 is 5.78 Å². The normalized spacial score (nSPS) is 11.0. The molecule has 0 bridgehead atoms. The summed E-state index contributed by atoms with van der Waals surface area (Å²) in [6.07, 6.45) is 8.25. The van der Waals surface area contributed by atoms with Crippen LogP contribution in [0.3, 0.4) is 0 Å². The molecule has 0 aliphatic carbocycles. The Morgan fingerprint density at radius 2 is 1.88 bits per heavy atom. The lowest BCUT2D eigenvalue weighted by atomic mass is 10.1. The molecule has 0 aliphatic heterocycles. The molecule has 0 unspecified atom stereocenters. The van der Waals surface area contributed by atoms with Gasteiger partial charge >= 0.3 is 0 Å². The van der Waals surface area contributed by atoms with Crippen molar-refractivity contribution in [2.75, 3.05) is 0 Å². The van der Waals surface area contributed by atoms with E-state index in [9.17, 15) is 8.78 Å². The summed E-state index contributed by atoms with van der Waals surface area (Å²) in [6.45, 7) is 0.271. The Hall–Kier alpha value is -3.35. The van der Waals surface area contributed by atoms with Gasteiger partial charge in [-0.15, -0.1) is 0 Å². The fourth-order valence-corrected chi connectivity index (χ4v) is 2.46. The molecule has 0 atom stereocenters. The first kappa shape index (κ1) is 15.2. The summed E-state index contributed by atoms with van der Waals surface area (Å²) in [6, 6.07) is 6.96. The van der Waals surface area contributed by atoms with Gasteiger partial charge in [-0.05, 0) is 24.3 Å². The van der Waals surface area contributed by atoms with Gasteiger partial charge in [0.25, 0.3) is 0 Å². The highest BCUT2D eigenvalue weighted by Gasteiger charge is 2.10. The van der Waals surface area contributed by atoms with E-state index in [1.807, 2.05) is 0 Å². The number of fused-ring (bicyclic) bond motifs is 1. The first-order valence-electron chi connectivity index (χ1n) is 7.51. The van der Waals surface area contributed by atoms with Crippen LogP contribution in [-0.2, 0) is 6.61 Å². The van der Waals surface area contributed by atoms with E-state index in [0.717, 1.165) is 6.07 Å². The number of benzene rings is 1. The summed E-state index contributed by atoms with van der Waals surface area (Å²) < 4.78 is 34.3. The van der Waals surface area contributed by atoms with Crippen LogP contribution >= 0.6 is 0 Å². The smallest absolute Gasteiger partial charge is 0.234 e. The van der Waals surface area contributed by atoms with Crippen LogP contribution in [0.1, 0.15) is 5.69 Å². The second-order valence-electron chi connectivity index (χ2n) is 5.38. The molecule has 1 aromatic carbocycles. The molecular formula is C18H12F2N4O. The lowest BCUT2D eigenvalue weighted by Gasteiger charge is -2.03. The Morgan fingerprint density at radius 3 is 2.68 bits per heavy atom. The topological polar surface area (TPSA) is 52.3 Å². The predicted molar refractivity (Wildman–Crippen MR) is 86.9 cm³/mol. The quantitative estimate of drug-likeness (QED) is 0.570. The Bertz CT molecular complexity index is 1030. The fourth-order valence-electron chi connectivity index (χ4n) is 2.46. The molecule has 0 amide bonds. The van der Waals surface area contributed by atoms with Gasteiger partial charge in [0.15, 0.2) is 0 Å². The first-order chi connectivity index (χ1) is 12.2. The number of aromatic nitrogens is 4. The van der Waals surface area contributed by atoms with Crippen molar-refractivity contribution in [3.8, 4) is 16.9 Å². The third kappa shape index (κ3) is 3.16. The van der Waals surface area contributed by atoms with Crippen LogP contribution in [0.4, 0.5) is 8.78 Å². The predicted octanol–water partition coefficient (Wildman–Crippen LogP) is 3.65. The molecule has 3 aromatic heterocycles. The van der Waals surface area contributed by atoms with Gasteiger partial charge in [-0.25, -0.2) is 18.7 Å². The van der Waals surface area contributed by atoms with E-state index in [-0.39, 0.29) is 12.2 Å².